The molecule has 2 atom stereocenters. The number of hydrogen-bond acceptors (Lipinski definition) is 6. The van der Waals surface area contributed by atoms with Crippen LogP contribution in [0.5, 0.6) is 0 Å². The summed E-state index contributed by atoms with van der Waals surface area (Å²) < 4.78 is 73.2. The predicted molar refractivity (Wildman–Crippen MR) is 125 cm³/mol. The smallest absolute Gasteiger partial charge is 0.364 e. The van der Waals surface area contributed by atoms with Gasteiger partial charge < -0.3 is 20.1 Å². The molecule has 1 aliphatic heterocycles. The summed E-state index contributed by atoms with van der Waals surface area (Å²) in [5.41, 5.74) is 1.88. The monoisotopic (exact) mass is 555 g/mol. The van der Waals surface area contributed by atoms with Gasteiger partial charge in [-0.25, -0.2) is 23.1 Å². The number of carbonyl (C=O) groups excluding carboxylic acids is 2. The first-order valence-electron chi connectivity index (χ1n) is 12.5. The molecule has 2 fully saturated rings. The van der Waals surface area contributed by atoms with Crippen molar-refractivity contribution in [2.24, 2.45) is 5.92 Å². The summed E-state index contributed by atoms with van der Waals surface area (Å²) in [4.78, 5) is 30.7. The lowest BCUT2D eigenvalue weighted by Crippen LogP contribution is -2.40. The molecule has 4 heterocycles. The number of aromatic nitrogens is 4. The fraction of sp³-hybridized carbons (Fsp3) is 0.542. The van der Waals surface area contributed by atoms with Crippen LogP contribution < -0.4 is 10.6 Å². The van der Waals surface area contributed by atoms with Gasteiger partial charge in [0.1, 0.15) is 17.9 Å². The number of nitrogens with zero attached hydrogens (tertiary/aromatic N) is 5. The zero-order valence-corrected chi connectivity index (χ0v) is 20.8. The quantitative estimate of drug-likeness (QED) is 0.425. The second-order valence-electron chi connectivity index (χ2n) is 9.93. The number of fused-ring (bicyclic) bond motifs is 1. The molecule has 3 aromatic heterocycles. The van der Waals surface area contributed by atoms with Crippen LogP contribution in [0.25, 0.3) is 5.65 Å². The van der Waals surface area contributed by atoms with Crippen molar-refractivity contribution in [3.05, 3.63) is 47.2 Å². The number of rotatable bonds is 7. The van der Waals surface area contributed by atoms with Crippen molar-refractivity contribution in [2.75, 3.05) is 6.54 Å². The highest BCUT2D eigenvalue weighted by molar-refractivity contribution is 5.95. The Kier molecular flexibility index (Phi) is 6.93. The Hall–Kier alpha value is -3.78. The van der Waals surface area contributed by atoms with Gasteiger partial charge in [0.2, 0.25) is 5.92 Å². The number of halogens is 5. The van der Waals surface area contributed by atoms with E-state index in [2.05, 4.69) is 20.6 Å². The fourth-order valence-electron chi connectivity index (χ4n) is 5.05. The minimum Gasteiger partial charge on any atom is -0.364 e. The van der Waals surface area contributed by atoms with E-state index in [1.807, 2.05) is 12.2 Å². The highest BCUT2D eigenvalue weighted by atomic mass is 19.4. The van der Waals surface area contributed by atoms with E-state index >= 15 is 0 Å². The topological polar surface area (TPSA) is 118 Å². The van der Waals surface area contributed by atoms with Crippen LogP contribution in [0, 0.1) is 5.92 Å². The van der Waals surface area contributed by atoms with Crippen molar-refractivity contribution in [1.29, 1.82) is 0 Å². The number of carbonyl (C=O) groups is 2. The van der Waals surface area contributed by atoms with Gasteiger partial charge in [-0.2, -0.15) is 18.3 Å². The normalized spacial score (nSPS) is 20.8. The van der Waals surface area contributed by atoms with Crippen LogP contribution in [0.15, 0.2) is 29.2 Å². The van der Waals surface area contributed by atoms with E-state index in [4.69, 9.17) is 4.52 Å². The molecule has 0 aromatic carbocycles. The van der Waals surface area contributed by atoms with E-state index in [1.54, 1.807) is 12.3 Å². The Bertz CT molecular complexity index is 1360. The van der Waals surface area contributed by atoms with Gasteiger partial charge in [-0.1, -0.05) is 12.1 Å². The first kappa shape index (κ1) is 26.8. The summed E-state index contributed by atoms with van der Waals surface area (Å²) in [7, 11) is 0. The Morgan fingerprint density at radius 3 is 2.72 bits per heavy atom. The van der Waals surface area contributed by atoms with Crippen molar-refractivity contribution >= 4 is 17.6 Å². The molecule has 2 N–H and O–H groups in total. The van der Waals surface area contributed by atoms with Crippen LogP contribution in [0.3, 0.4) is 0 Å². The van der Waals surface area contributed by atoms with E-state index in [0.717, 1.165) is 4.90 Å². The minimum absolute atomic E-state index is 0.116. The molecule has 0 spiro atoms. The number of aryl methyl sites for hydroxylation is 1. The zero-order chi connectivity index (χ0) is 27.9. The molecule has 1 aliphatic carbocycles. The molecule has 39 heavy (non-hydrogen) atoms. The van der Waals surface area contributed by atoms with Crippen molar-refractivity contribution in [3.63, 3.8) is 0 Å². The molecule has 2 aliphatic rings. The molecule has 0 radical (unpaired) electrons. The molecule has 3 aromatic rings. The number of amides is 3. The Morgan fingerprint density at radius 1 is 1.31 bits per heavy atom. The first-order valence-corrected chi connectivity index (χ1v) is 12.5. The summed E-state index contributed by atoms with van der Waals surface area (Å²) in [5, 5.41) is 12.9. The zero-order valence-electron chi connectivity index (χ0n) is 20.8. The standard InChI is InChI=1S/C24H26F5N7O3/c1-2-16-15(12-39-34-16)21(37)33-20(14-3-5-23(25,26)6-4-14)17-10-36-19(31-17)7-13(8-30-36)9-35-11-18(24(27,28)29)32-22(35)38/h7-8,10,12,14,18,20H,2-6,9,11H2,1H3,(H,32,38)(H,33,37)/t18-,20?/m0/s1. The van der Waals surface area contributed by atoms with Gasteiger partial charge >= 0.3 is 12.2 Å². The van der Waals surface area contributed by atoms with Gasteiger partial charge in [0, 0.05) is 19.4 Å². The van der Waals surface area contributed by atoms with Crippen molar-refractivity contribution < 1.29 is 36.1 Å². The van der Waals surface area contributed by atoms with Crippen LogP contribution in [-0.4, -0.2) is 61.3 Å². The summed E-state index contributed by atoms with van der Waals surface area (Å²) in [5.74, 6) is -3.56. The molecule has 210 valence electrons. The molecule has 15 heteroatoms. The molecule has 1 saturated carbocycles. The maximum absolute atomic E-state index is 13.9. The summed E-state index contributed by atoms with van der Waals surface area (Å²) in [6.45, 7) is 1.17. The third kappa shape index (κ3) is 5.66. The second kappa shape index (κ2) is 10.1. The average Bonchev–Trinajstić information content (AvgIpc) is 3.60. The van der Waals surface area contributed by atoms with Gasteiger partial charge in [0.15, 0.2) is 5.65 Å². The third-order valence-electron chi connectivity index (χ3n) is 7.21. The molecular weight excluding hydrogens is 529 g/mol. The highest BCUT2D eigenvalue weighted by Crippen LogP contribution is 2.41. The number of urea groups is 1. The number of imidazole rings is 1. The van der Waals surface area contributed by atoms with Crippen LogP contribution in [0.1, 0.15) is 66.0 Å². The van der Waals surface area contributed by atoms with Gasteiger partial charge in [-0.3, -0.25) is 4.79 Å². The van der Waals surface area contributed by atoms with Crippen LogP contribution in [-0.2, 0) is 13.0 Å². The van der Waals surface area contributed by atoms with E-state index in [9.17, 15) is 31.5 Å². The average molecular weight is 556 g/mol. The molecule has 3 amide bonds. The lowest BCUT2D eigenvalue weighted by atomic mass is 9.81. The Morgan fingerprint density at radius 2 is 2.05 bits per heavy atom. The summed E-state index contributed by atoms with van der Waals surface area (Å²) in [6, 6.07) is -1.92. The molecular formula is C24H26F5N7O3. The number of alkyl halides is 5. The lowest BCUT2D eigenvalue weighted by molar-refractivity contribution is -0.149. The lowest BCUT2D eigenvalue weighted by Gasteiger charge is -2.33. The number of hydrogen-bond donors (Lipinski definition) is 2. The third-order valence-corrected chi connectivity index (χ3v) is 7.21. The van der Waals surface area contributed by atoms with Gasteiger partial charge in [-0.05, 0) is 36.8 Å². The van der Waals surface area contributed by atoms with Crippen molar-refractivity contribution in [3.8, 4) is 0 Å². The Balaban J connectivity index is 1.39. The molecule has 1 unspecified atom stereocenters. The van der Waals surface area contributed by atoms with E-state index in [1.165, 1.54) is 17.0 Å². The molecule has 5 rings (SSSR count). The van der Waals surface area contributed by atoms with E-state index in [0.29, 0.717) is 29.0 Å². The first-order chi connectivity index (χ1) is 18.4. The van der Waals surface area contributed by atoms with Gasteiger partial charge in [0.05, 0.1) is 36.4 Å². The highest BCUT2D eigenvalue weighted by Gasteiger charge is 2.47. The van der Waals surface area contributed by atoms with Crippen LogP contribution in [0.4, 0.5) is 26.7 Å². The fourth-order valence-corrected chi connectivity index (χ4v) is 5.05. The van der Waals surface area contributed by atoms with Gasteiger partial charge in [0.25, 0.3) is 5.91 Å². The summed E-state index contributed by atoms with van der Waals surface area (Å²) >= 11 is 0. The predicted octanol–water partition coefficient (Wildman–Crippen LogP) is 4.03. The van der Waals surface area contributed by atoms with Gasteiger partial charge in [-0.15, -0.1) is 0 Å². The molecule has 1 saturated heterocycles. The van der Waals surface area contributed by atoms with E-state index in [-0.39, 0.29) is 43.7 Å². The number of nitrogens with one attached hydrogen (secondary N) is 2. The van der Waals surface area contributed by atoms with Crippen LogP contribution >= 0.6 is 0 Å². The molecule has 0 bridgehead atoms. The summed E-state index contributed by atoms with van der Waals surface area (Å²) in [6.07, 6.45) is -0.182. The van der Waals surface area contributed by atoms with Crippen molar-refractivity contribution in [2.45, 2.75) is 69.8 Å². The minimum atomic E-state index is -4.56. The van der Waals surface area contributed by atoms with E-state index < -0.39 is 42.7 Å². The maximum atomic E-state index is 13.9. The second-order valence-corrected chi connectivity index (χ2v) is 9.93. The largest absolute Gasteiger partial charge is 0.410 e. The SMILES string of the molecule is CCc1nocc1C(=O)NC(c1cn2ncc(CN3C[C@@H](C(F)(F)F)NC3=O)cc2n1)C1CCC(F)(F)CC1. The maximum Gasteiger partial charge on any atom is 0.410 e. The molecule has 10 nitrogen and oxygen atoms in total. The van der Waals surface area contributed by atoms with Crippen molar-refractivity contribution in [1.82, 2.24) is 35.3 Å². The Labute approximate surface area is 218 Å². The van der Waals surface area contributed by atoms with Crippen LogP contribution in [0.2, 0.25) is 0 Å².